The van der Waals surface area contributed by atoms with Crippen molar-refractivity contribution in [1.29, 1.82) is 0 Å². The summed E-state index contributed by atoms with van der Waals surface area (Å²) in [5.74, 6) is -2.63. The third-order valence-electron chi connectivity index (χ3n) is 5.26. The zero-order valence-corrected chi connectivity index (χ0v) is 14.3. The molecule has 0 aromatic carbocycles. The van der Waals surface area contributed by atoms with Crippen LogP contribution < -0.4 is 5.73 Å². The topological polar surface area (TPSA) is 118 Å². The van der Waals surface area contributed by atoms with Gasteiger partial charge in [0.05, 0.1) is 0 Å². The quantitative estimate of drug-likeness (QED) is 0.567. The van der Waals surface area contributed by atoms with Gasteiger partial charge >= 0.3 is 0 Å². The summed E-state index contributed by atoms with van der Waals surface area (Å²) in [5.41, 5.74) is 5.32. The number of likely N-dealkylation sites (tertiary alicyclic amines) is 1. The lowest BCUT2D eigenvalue weighted by molar-refractivity contribution is -0.146. The number of hydrogen-bond acceptors (Lipinski definition) is 4. The second-order valence-electron chi connectivity index (χ2n) is 6.63. The Balaban J connectivity index is 2.28. The highest BCUT2D eigenvalue weighted by molar-refractivity contribution is 7.86. The van der Waals surface area contributed by atoms with Crippen LogP contribution in [0, 0.1) is 11.8 Å². The fourth-order valence-corrected chi connectivity index (χ4v) is 5.17. The summed E-state index contributed by atoms with van der Waals surface area (Å²) in [7, 11) is -4.52. The SMILES string of the molecule is CCC(C(C(N)=O)C(=O)N1CCCC2CCCCC21)S(=O)(=O)O. The maximum absolute atomic E-state index is 12.9. The molecule has 4 atom stereocenters. The molecule has 2 fully saturated rings. The van der Waals surface area contributed by atoms with E-state index in [-0.39, 0.29) is 12.5 Å². The molecule has 4 unspecified atom stereocenters. The van der Waals surface area contributed by atoms with Gasteiger partial charge in [-0.1, -0.05) is 19.8 Å². The van der Waals surface area contributed by atoms with Gasteiger partial charge in [0.15, 0.2) is 0 Å². The van der Waals surface area contributed by atoms with Crippen molar-refractivity contribution in [3.63, 3.8) is 0 Å². The van der Waals surface area contributed by atoms with Crippen LogP contribution in [0.1, 0.15) is 51.9 Å². The minimum absolute atomic E-state index is 0.0416. The second kappa shape index (κ2) is 7.17. The van der Waals surface area contributed by atoms with Gasteiger partial charge in [-0.15, -0.1) is 0 Å². The number of fused-ring (bicyclic) bond motifs is 1. The van der Waals surface area contributed by atoms with Crippen molar-refractivity contribution in [3.8, 4) is 0 Å². The number of amides is 2. The molecule has 0 bridgehead atoms. The standard InChI is InChI=1S/C15H26N2O5S/c1-2-12(23(20,21)22)13(14(16)18)15(19)17-9-5-7-10-6-3-4-8-11(10)17/h10-13H,2-9H2,1H3,(H2,16,18)(H,20,21,22). The lowest BCUT2D eigenvalue weighted by atomic mass is 9.78. The van der Waals surface area contributed by atoms with Crippen LogP contribution in [0.4, 0.5) is 0 Å². The maximum atomic E-state index is 12.9. The predicted molar refractivity (Wildman–Crippen MR) is 85.0 cm³/mol. The summed E-state index contributed by atoms with van der Waals surface area (Å²) in [6.45, 7) is 2.03. The van der Waals surface area contributed by atoms with E-state index in [9.17, 15) is 22.6 Å². The fourth-order valence-electron chi connectivity index (χ4n) is 4.16. The minimum atomic E-state index is -4.52. The molecular weight excluding hydrogens is 320 g/mol. The summed E-state index contributed by atoms with van der Waals surface area (Å²) in [6.07, 6.45) is 5.98. The van der Waals surface area contributed by atoms with Gasteiger partial charge in [-0.2, -0.15) is 8.42 Å². The van der Waals surface area contributed by atoms with Gasteiger partial charge in [-0.3, -0.25) is 14.1 Å². The highest BCUT2D eigenvalue weighted by Gasteiger charge is 2.45. The third-order valence-corrected chi connectivity index (χ3v) is 6.63. The molecule has 2 aliphatic rings. The minimum Gasteiger partial charge on any atom is -0.369 e. The first-order valence-electron chi connectivity index (χ1n) is 8.33. The van der Waals surface area contributed by atoms with Crippen molar-refractivity contribution >= 4 is 21.9 Å². The van der Waals surface area contributed by atoms with Crippen molar-refractivity contribution in [2.75, 3.05) is 6.54 Å². The predicted octanol–water partition coefficient (Wildman–Crippen LogP) is 0.936. The van der Waals surface area contributed by atoms with Crippen LogP contribution in [0.5, 0.6) is 0 Å². The van der Waals surface area contributed by atoms with Crippen LogP contribution in [0.3, 0.4) is 0 Å². The number of hydrogen-bond donors (Lipinski definition) is 2. The number of primary amides is 1. The van der Waals surface area contributed by atoms with Crippen LogP contribution in [-0.4, -0.2) is 47.5 Å². The zero-order valence-electron chi connectivity index (χ0n) is 13.5. The van der Waals surface area contributed by atoms with Gasteiger partial charge in [0, 0.05) is 12.6 Å². The second-order valence-corrected chi connectivity index (χ2v) is 8.26. The molecule has 7 nitrogen and oxygen atoms in total. The van der Waals surface area contributed by atoms with Crippen molar-refractivity contribution in [2.24, 2.45) is 17.6 Å². The first-order valence-corrected chi connectivity index (χ1v) is 9.83. The molecular formula is C15H26N2O5S. The normalized spacial score (nSPS) is 27.8. The lowest BCUT2D eigenvalue weighted by Crippen LogP contribution is -2.56. The summed E-state index contributed by atoms with van der Waals surface area (Å²) in [5, 5.41) is -1.48. The monoisotopic (exact) mass is 346 g/mol. The Morgan fingerprint density at radius 2 is 1.83 bits per heavy atom. The molecule has 0 aromatic heterocycles. The van der Waals surface area contributed by atoms with Gasteiger partial charge in [0.2, 0.25) is 11.8 Å². The highest BCUT2D eigenvalue weighted by atomic mass is 32.2. The Morgan fingerprint density at radius 3 is 2.39 bits per heavy atom. The average molecular weight is 346 g/mol. The van der Waals surface area contributed by atoms with E-state index in [0.29, 0.717) is 12.5 Å². The number of nitrogens with two attached hydrogens (primary N) is 1. The van der Waals surface area contributed by atoms with Gasteiger partial charge in [-0.25, -0.2) is 0 Å². The first kappa shape index (κ1) is 18.2. The molecule has 1 aliphatic carbocycles. The zero-order chi connectivity index (χ0) is 17.2. The lowest BCUT2D eigenvalue weighted by Gasteiger charge is -2.45. The summed E-state index contributed by atoms with van der Waals surface area (Å²) in [6, 6.07) is 0.0609. The van der Waals surface area contributed by atoms with Gasteiger partial charge in [-0.05, 0) is 38.0 Å². The number of carbonyl (C=O) groups excluding carboxylic acids is 2. The van der Waals surface area contributed by atoms with Crippen LogP contribution >= 0.6 is 0 Å². The smallest absolute Gasteiger partial charge is 0.269 e. The van der Waals surface area contributed by atoms with E-state index in [0.717, 1.165) is 38.5 Å². The van der Waals surface area contributed by atoms with Crippen molar-refractivity contribution in [3.05, 3.63) is 0 Å². The van der Waals surface area contributed by atoms with E-state index in [1.165, 1.54) is 6.92 Å². The molecule has 8 heteroatoms. The molecule has 132 valence electrons. The Kier molecular flexibility index (Phi) is 5.67. The van der Waals surface area contributed by atoms with E-state index in [1.807, 2.05) is 0 Å². The summed E-state index contributed by atoms with van der Waals surface area (Å²) in [4.78, 5) is 26.3. The van der Waals surface area contributed by atoms with Crippen molar-refractivity contribution < 1.29 is 22.6 Å². The van der Waals surface area contributed by atoms with Crippen molar-refractivity contribution in [2.45, 2.75) is 63.2 Å². The molecule has 1 heterocycles. The van der Waals surface area contributed by atoms with E-state index in [4.69, 9.17) is 5.73 Å². The Bertz CT molecular complexity index is 560. The number of rotatable bonds is 5. The molecule has 23 heavy (non-hydrogen) atoms. The summed E-state index contributed by atoms with van der Waals surface area (Å²) >= 11 is 0. The Morgan fingerprint density at radius 1 is 1.22 bits per heavy atom. The molecule has 1 saturated heterocycles. The molecule has 1 aliphatic heterocycles. The Labute approximate surface area is 137 Å². The molecule has 0 aromatic rings. The van der Waals surface area contributed by atoms with Crippen molar-refractivity contribution in [1.82, 2.24) is 4.90 Å². The van der Waals surface area contributed by atoms with Crippen LogP contribution in [0.15, 0.2) is 0 Å². The largest absolute Gasteiger partial charge is 0.369 e. The molecule has 3 N–H and O–H groups in total. The van der Waals surface area contributed by atoms with Gasteiger partial charge in [0.1, 0.15) is 11.2 Å². The van der Waals surface area contributed by atoms with E-state index < -0.39 is 33.1 Å². The van der Waals surface area contributed by atoms with Crippen LogP contribution in [0.25, 0.3) is 0 Å². The number of nitrogens with zero attached hydrogens (tertiary/aromatic N) is 1. The molecule has 1 saturated carbocycles. The maximum Gasteiger partial charge on any atom is 0.269 e. The first-order chi connectivity index (χ1) is 10.8. The number of carbonyl (C=O) groups is 2. The van der Waals surface area contributed by atoms with E-state index in [2.05, 4.69) is 0 Å². The van der Waals surface area contributed by atoms with Gasteiger partial charge < -0.3 is 10.6 Å². The molecule has 2 amide bonds. The number of piperidine rings is 1. The fraction of sp³-hybridized carbons (Fsp3) is 0.867. The molecule has 0 radical (unpaired) electrons. The van der Waals surface area contributed by atoms with E-state index in [1.54, 1.807) is 4.90 Å². The highest BCUT2D eigenvalue weighted by Crippen LogP contribution is 2.36. The summed E-state index contributed by atoms with van der Waals surface area (Å²) < 4.78 is 32.5. The molecule has 0 spiro atoms. The van der Waals surface area contributed by atoms with Crippen LogP contribution in [-0.2, 0) is 19.7 Å². The molecule has 2 rings (SSSR count). The average Bonchev–Trinajstić information content (AvgIpc) is 2.49. The van der Waals surface area contributed by atoms with Gasteiger partial charge in [0.25, 0.3) is 10.1 Å². The Hall–Kier alpha value is -1.15. The van der Waals surface area contributed by atoms with E-state index >= 15 is 0 Å². The van der Waals surface area contributed by atoms with Crippen LogP contribution in [0.2, 0.25) is 0 Å². The third kappa shape index (κ3) is 3.85.